The number of ether oxygens (including phenoxy) is 1. The second kappa shape index (κ2) is 5.08. The van der Waals surface area contributed by atoms with E-state index in [1.807, 2.05) is 0 Å². The van der Waals surface area contributed by atoms with Gasteiger partial charge in [-0.1, -0.05) is 11.6 Å². The monoisotopic (exact) mass is 216 g/mol. The Bertz CT molecular complexity index is 339. The summed E-state index contributed by atoms with van der Waals surface area (Å²) in [6, 6.07) is 3.68. The molecule has 1 aromatic carbocycles. The Kier molecular flexibility index (Phi) is 4.04. The van der Waals surface area contributed by atoms with Gasteiger partial charge in [-0.15, -0.1) is 0 Å². The predicted octanol–water partition coefficient (Wildman–Crippen LogP) is 2.70. The molecule has 0 fully saturated rings. The molecule has 0 amide bonds. The summed E-state index contributed by atoms with van der Waals surface area (Å²) in [6.07, 6.45) is 0. The second-order valence-corrected chi connectivity index (χ2v) is 3.09. The summed E-state index contributed by atoms with van der Waals surface area (Å²) in [4.78, 5) is 11.4. The number of hydrogen-bond donors (Lipinski definition) is 0. The third kappa shape index (κ3) is 2.79. The van der Waals surface area contributed by atoms with Crippen molar-refractivity contribution in [1.29, 1.82) is 0 Å². The van der Waals surface area contributed by atoms with E-state index in [2.05, 4.69) is 0 Å². The van der Waals surface area contributed by atoms with Crippen LogP contribution in [0, 0.1) is 5.82 Å². The van der Waals surface area contributed by atoms with Gasteiger partial charge in [-0.3, -0.25) is 4.79 Å². The first kappa shape index (κ1) is 11.1. The van der Waals surface area contributed by atoms with Crippen LogP contribution in [0.25, 0.3) is 0 Å². The van der Waals surface area contributed by atoms with E-state index in [1.54, 1.807) is 6.92 Å². The van der Waals surface area contributed by atoms with Gasteiger partial charge in [0.05, 0.1) is 5.02 Å². The number of rotatable bonds is 4. The topological polar surface area (TPSA) is 26.3 Å². The minimum Gasteiger partial charge on any atom is -0.374 e. The van der Waals surface area contributed by atoms with Crippen molar-refractivity contribution in [1.82, 2.24) is 0 Å². The predicted molar refractivity (Wildman–Crippen MR) is 52.2 cm³/mol. The van der Waals surface area contributed by atoms with Crippen molar-refractivity contribution in [3.8, 4) is 0 Å². The molecule has 0 spiro atoms. The number of carbonyl (C=O) groups is 1. The first-order valence-corrected chi connectivity index (χ1v) is 4.59. The largest absolute Gasteiger partial charge is 0.374 e. The zero-order valence-corrected chi connectivity index (χ0v) is 8.47. The molecule has 1 aromatic rings. The third-order valence-corrected chi connectivity index (χ3v) is 2.00. The highest BCUT2D eigenvalue weighted by Gasteiger charge is 2.10. The molecule has 4 heteroatoms. The molecule has 14 heavy (non-hydrogen) atoms. The van der Waals surface area contributed by atoms with Crippen molar-refractivity contribution in [2.75, 3.05) is 13.2 Å². The molecule has 0 bridgehead atoms. The number of halogens is 2. The van der Waals surface area contributed by atoms with E-state index in [-0.39, 0.29) is 23.0 Å². The maximum atomic E-state index is 12.8. The highest BCUT2D eigenvalue weighted by atomic mass is 35.5. The zero-order chi connectivity index (χ0) is 10.6. The van der Waals surface area contributed by atoms with E-state index in [0.717, 1.165) is 6.07 Å². The van der Waals surface area contributed by atoms with Gasteiger partial charge in [-0.25, -0.2) is 4.39 Å². The van der Waals surface area contributed by atoms with Crippen LogP contribution in [0.4, 0.5) is 4.39 Å². The van der Waals surface area contributed by atoms with Gasteiger partial charge >= 0.3 is 0 Å². The van der Waals surface area contributed by atoms with Crippen LogP contribution in [-0.2, 0) is 4.74 Å². The molecule has 0 radical (unpaired) electrons. The first-order chi connectivity index (χ1) is 6.65. The molecular weight excluding hydrogens is 207 g/mol. The molecule has 0 aromatic heterocycles. The number of hydrogen-bond acceptors (Lipinski definition) is 2. The summed E-state index contributed by atoms with van der Waals surface area (Å²) < 4.78 is 17.7. The minimum atomic E-state index is -0.478. The third-order valence-electron chi connectivity index (χ3n) is 1.67. The lowest BCUT2D eigenvalue weighted by molar-refractivity contribution is 0.0783. The molecule has 0 aliphatic rings. The summed E-state index contributed by atoms with van der Waals surface area (Å²) in [5, 5.41) is 0.246. The number of carbonyl (C=O) groups excluding carboxylic acids is 1. The summed E-state index contributed by atoms with van der Waals surface area (Å²) >= 11 is 5.73. The maximum Gasteiger partial charge on any atom is 0.190 e. The fourth-order valence-electron chi connectivity index (χ4n) is 0.984. The molecular formula is C10H10ClFO2. The van der Waals surface area contributed by atoms with Crippen LogP contribution in [0.2, 0.25) is 5.02 Å². The van der Waals surface area contributed by atoms with E-state index in [4.69, 9.17) is 16.3 Å². The Balaban J connectivity index is 2.83. The highest BCUT2D eigenvalue weighted by Crippen LogP contribution is 2.17. The van der Waals surface area contributed by atoms with E-state index in [0.29, 0.717) is 6.61 Å². The van der Waals surface area contributed by atoms with Crippen molar-refractivity contribution in [3.05, 3.63) is 34.6 Å². The van der Waals surface area contributed by atoms with Crippen LogP contribution in [0.15, 0.2) is 18.2 Å². The molecule has 0 unspecified atom stereocenters. The lowest BCUT2D eigenvalue weighted by Gasteiger charge is -2.03. The fraction of sp³-hybridized carbons (Fsp3) is 0.300. The van der Waals surface area contributed by atoms with E-state index in [1.165, 1.54) is 12.1 Å². The zero-order valence-electron chi connectivity index (χ0n) is 7.72. The molecule has 2 nitrogen and oxygen atoms in total. The van der Waals surface area contributed by atoms with Gasteiger partial charge in [0.25, 0.3) is 0 Å². The van der Waals surface area contributed by atoms with Crippen molar-refractivity contribution in [2.45, 2.75) is 6.92 Å². The van der Waals surface area contributed by atoms with Crippen LogP contribution in [0.1, 0.15) is 17.3 Å². The van der Waals surface area contributed by atoms with E-state index >= 15 is 0 Å². The van der Waals surface area contributed by atoms with Crippen LogP contribution < -0.4 is 0 Å². The number of Topliss-reactive ketones (excluding diaryl/α,β-unsaturated/α-hetero) is 1. The van der Waals surface area contributed by atoms with Crippen LogP contribution in [0.3, 0.4) is 0 Å². The first-order valence-electron chi connectivity index (χ1n) is 4.21. The molecule has 0 saturated heterocycles. The minimum absolute atomic E-state index is 0.0698. The van der Waals surface area contributed by atoms with Crippen LogP contribution in [-0.4, -0.2) is 19.0 Å². The lowest BCUT2D eigenvalue weighted by Crippen LogP contribution is -2.09. The SMILES string of the molecule is CCOCC(=O)c1cc(F)ccc1Cl. The Morgan fingerprint density at radius 3 is 2.93 bits per heavy atom. The summed E-state index contributed by atoms with van der Waals surface area (Å²) in [6.45, 7) is 2.15. The van der Waals surface area contributed by atoms with E-state index in [9.17, 15) is 9.18 Å². The highest BCUT2D eigenvalue weighted by molar-refractivity contribution is 6.34. The molecule has 76 valence electrons. The van der Waals surface area contributed by atoms with Gasteiger partial charge in [0.15, 0.2) is 5.78 Å². The molecule has 0 aliphatic heterocycles. The van der Waals surface area contributed by atoms with Crippen molar-refractivity contribution < 1.29 is 13.9 Å². The quantitative estimate of drug-likeness (QED) is 0.724. The van der Waals surface area contributed by atoms with Gasteiger partial charge in [-0.05, 0) is 25.1 Å². The molecule has 0 aliphatic carbocycles. The van der Waals surface area contributed by atoms with Gasteiger partial charge in [0.1, 0.15) is 12.4 Å². The van der Waals surface area contributed by atoms with Gasteiger partial charge in [0, 0.05) is 12.2 Å². The Hall–Kier alpha value is -0.930. The number of ketones is 1. The molecule has 1 rings (SSSR count). The lowest BCUT2D eigenvalue weighted by atomic mass is 10.1. The fourth-order valence-corrected chi connectivity index (χ4v) is 1.21. The smallest absolute Gasteiger partial charge is 0.190 e. The van der Waals surface area contributed by atoms with Crippen LogP contribution in [0.5, 0.6) is 0 Å². The Morgan fingerprint density at radius 2 is 2.29 bits per heavy atom. The number of benzene rings is 1. The van der Waals surface area contributed by atoms with Crippen molar-refractivity contribution >= 4 is 17.4 Å². The average molecular weight is 217 g/mol. The van der Waals surface area contributed by atoms with Crippen molar-refractivity contribution in [3.63, 3.8) is 0 Å². The average Bonchev–Trinajstić information content (AvgIpc) is 2.18. The molecule has 0 heterocycles. The van der Waals surface area contributed by atoms with Gasteiger partial charge < -0.3 is 4.74 Å². The summed E-state index contributed by atoms with van der Waals surface area (Å²) in [5.41, 5.74) is 0.167. The second-order valence-electron chi connectivity index (χ2n) is 2.68. The maximum absolute atomic E-state index is 12.8. The normalized spacial score (nSPS) is 10.2. The Labute approximate surface area is 86.6 Å². The van der Waals surface area contributed by atoms with Gasteiger partial charge in [-0.2, -0.15) is 0 Å². The summed E-state index contributed by atoms with van der Waals surface area (Å²) in [7, 11) is 0. The van der Waals surface area contributed by atoms with E-state index < -0.39 is 5.82 Å². The van der Waals surface area contributed by atoms with Crippen molar-refractivity contribution in [2.24, 2.45) is 0 Å². The molecule has 0 N–H and O–H groups in total. The molecule has 0 saturated carbocycles. The summed E-state index contributed by atoms with van der Waals surface area (Å²) in [5.74, 6) is -0.786. The standard InChI is InChI=1S/C10H10ClFO2/c1-2-14-6-10(13)8-5-7(12)3-4-9(8)11/h3-5H,2,6H2,1H3. The van der Waals surface area contributed by atoms with Crippen LogP contribution >= 0.6 is 11.6 Å². The van der Waals surface area contributed by atoms with Gasteiger partial charge in [0.2, 0.25) is 0 Å². The molecule has 0 atom stereocenters. The Morgan fingerprint density at radius 1 is 1.57 bits per heavy atom.